The first kappa shape index (κ1) is 50.6. The van der Waals surface area contributed by atoms with Crippen LogP contribution in [0.3, 0.4) is 0 Å². The number of aliphatic hydroxyl groups excluding tert-OH is 2. The second-order valence-corrected chi connectivity index (χ2v) is 15.8. The summed E-state index contributed by atoms with van der Waals surface area (Å²) >= 11 is 0. The van der Waals surface area contributed by atoms with Crippen LogP contribution in [-0.2, 0) is 14.3 Å². The van der Waals surface area contributed by atoms with E-state index in [9.17, 15) is 19.8 Å². The van der Waals surface area contributed by atoms with Gasteiger partial charge >= 0.3 is 5.97 Å². The first-order valence-corrected chi connectivity index (χ1v) is 22.9. The Hall–Kier alpha value is -1.40. The number of hydrogen-bond acceptors (Lipinski definition) is 5. The van der Waals surface area contributed by atoms with E-state index in [1.54, 1.807) is 0 Å². The molecule has 308 valence electrons. The molecule has 6 nitrogen and oxygen atoms in total. The zero-order valence-corrected chi connectivity index (χ0v) is 35.0. The van der Waals surface area contributed by atoms with Crippen molar-refractivity contribution in [1.82, 2.24) is 5.32 Å². The zero-order valence-electron chi connectivity index (χ0n) is 35.0. The van der Waals surface area contributed by atoms with Crippen LogP contribution in [0, 0.1) is 0 Å². The van der Waals surface area contributed by atoms with Crippen molar-refractivity contribution in [2.24, 2.45) is 0 Å². The van der Waals surface area contributed by atoms with E-state index >= 15 is 0 Å². The molecule has 0 saturated carbocycles. The number of esters is 1. The summed E-state index contributed by atoms with van der Waals surface area (Å²) < 4.78 is 5.87. The molecule has 0 bridgehead atoms. The molecule has 0 aliphatic carbocycles. The lowest BCUT2D eigenvalue weighted by Gasteiger charge is -2.24. The lowest BCUT2D eigenvalue weighted by atomic mass is 10.0. The molecule has 0 aliphatic rings. The Kier molecular flexibility index (Phi) is 39.7. The second kappa shape index (κ2) is 40.8. The van der Waals surface area contributed by atoms with Crippen molar-refractivity contribution in [1.29, 1.82) is 0 Å². The van der Waals surface area contributed by atoms with Crippen LogP contribution in [0.2, 0.25) is 0 Å². The van der Waals surface area contributed by atoms with Gasteiger partial charge in [-0.3, -0.25) is 9.59 Å². The summed E-state index contributed by atoms with van der Waals surface area (Å²) in [5.41, 5.74) is 0. The minimum atomic E-state index is -0.781. The lowest BCUT2D eigenvalue weighted by molar-refractivity contribution is -0.151. The van der Waals surface area contributed by atoms with Gasteiger partial charge in [0, 0.05) is 6.42 Å². The number of nitrogens with one attached hydrogen (secondary N) is 1. The summed E-state index contributed by atoms with van der Waals surface area (Å²) in [5, 5.41) is 23.6. The molecule has 0 radical (unpaired) electrons. The highest BCUT2D eigenvalue weighted by atomic mass is 16.5. The summed E-state index contributed by atoms with van der Waals surface area (Å²) in [5.74, 6) is -0.486. The minimum Gasteiger partial charge on any atom is -0.462 e. The standard InChI is InChI=1S/C46H89NO5/c1-4-7-10-13-16-19-21-23-25-27-30-33-36-39-46(51)52-42(37-34-31-28-18-15-12-9-6-3)40-45(50)47-43(41-48)44(49)38-35-32-29-26-24-22-20-17-14-11-8-5-2/h23,25,42-44,48-49H,4-22,24,26-41H2,1-3H3,(H,47,50)/b25-23-. The van der Waals surface area contributed by atoms with Gasteiger partial charge in [0.05, 0.1) is 25.2 Å². The van der Waals surface area contributed by atoms with Crippen LogP contribution in [0.5, 0.6) is 0 Å². The van der Waals surface area contributed by atoms with Crippen LogP contribution in [0.15, 0.2) is 12.2 Å². The highest BCUT2D eigenvalue weighted by Crippen LogP contribution is 2.17. The van der Waals surface area contributed by atoms with Gasteiger partial charge in [0.25, 0.3) is 0 Å². The maximum Gasteiger partial charge on any atom is 0.306 e. The average molecular weight is 736 g/mol. The van der Waals surface area contributed by atoms with Crippen LogP contribution in [0.1, 0.15) is 245 Å². The number of carbonyl (C=O) groups excluding carboxylic acids is 2. The number of hydrogen-bond donors (Lipinski definition) is 3. The van der Waals surface area contributed by atoms with Crippen molar-refractivity contribution in [2.75, 3.05) is 6.61 Å². The van der Waals surface area contributed by atoms with E-state index < -0.39 is 18.2 Å². The van der Waals surface area contributed by atoms with Gasteiger partial charge in [-0.25, -0.2) is 0 Å². The van der Waals surface area contributed by atoms with Gasteiger partial charge in [-0.15, -0.1) is 0 Å². The Balaban J connectivity index is 4.49. The quantitative estimate of drug-likeness (QED) is 0.0330. The first-order chi connectivity index (χ1) is 25.5. The summed E-state index contributed by atoms with van der Waals surface area (Å²) in [6.07, 6.45) is 42.7. The van der Waals surface area contributed by atoms with Crippen molar-refractivity contribution < 1.29 is 24.5 Å². The van der Waals surface area contributed by atoms with Crippen LogP contribution < -0.4 is 5.32 Å². The Labute approximate surface area is 323 Å². The monoisotopic (exact) mass is 736 g/mol. The van der Waals surface area contributed by atoms with E-state index in [1.165, 1.54) is 148 Å². The largest absolute Gasteiger partial charge is 0.462 e. The van der Waals surface area contributed by atoms with Crippen LogP contribution >= 0.6 is 0 Å². The predicted molar refractivity (Wildman–Crippen MR) is 223 cm³/mol. The molecule has 0 spiro atoms. The Morgan fingerprint density at radius 2 is 0.923 bits per heavy atom. The molecular formula is C46H89NO5. The Morgan fingerprint density at radius 3 is 1.37 bits per heavy atom. The second-order valence-electron chi connectivity index (χ2n) is 15.8. The van der Waals surface area contributed by atoms with Crippen LogP contribution in [-0.4, -0.2) is 46.9 Å². The molecule has 0 fully saturated rings. The first-order valence-electron chi connectivity index (χ1n) is 22.9. The van der Waals surface area contributed by atoms with Crippen LogP contribution in [0.4, 0.5) is 0 Å². The number of ether oxygens (including phenoxy) is 1. The number of unbranched alkanes of at least 4 members (excludes halogenated alkanes) is 27. The third-order valence-corrected chi connectivity index (χ3v) is 10.6. The fourth-order valence-electron chi connectivity index (χ4n) is 7.07. The van der Waals surface area contributed by atoms with E-state index in [2.05, 4.69) is 38.2 Å². The highest BCUT2D eigenvalue weighted by molar-refractivity contribution is 5.77. The third kappa shape index (κ3) is 35.6. The topological polar surface area (TPSA) is 95.9 Å². The summed E-state index contributed by atoms with van der Waals surface area (Å²) in [7, 11) is 0. The number of amides is 1. The number of aliphatic hydroxyl groups is 2. The maximum absolute atomic E-state index is 13.1. The van der Waals surface area contributed by atoms with Crippen molar-refractivity contribution in [3.63, 3.8) is 0 Å². The van der Waals surface area contributed by atoms with Gasteiger partial charge < -0.3 is 20.3 Å². The maximum atomic E-state index is 13.1. The molecule has 0 aliphatic heterocycles. The third-order valence-electron chi connectivity index (χ3n) is 10.6. The Bertz CT molecular complexity index is 787. The minimum absolute atomic E-state index is 0.0768. The fraction of sp³-hybridized carbons (Fsp3) is 0.913. The normalized spacial score (nSPS) is 13.4. The smallest absolute Gasteiger partial charge is 0.306 e. The van der Waals surface area contributed by atoms with E-state index in [0.29, 0.717) is 19.3 Å². The van der Waals surface area contributed by atoms with E-state index in [1.807, 2.05) is 0 Å². The van der Waals surface area contributed by atoms with Crippen molar-refractivity contribution >= 4 is 11.9 Å². The van der Waals surface area contributed by atoms with Gasteiger partial charge in [-0.1, -0.05) is 193 Å². The molecule has 0 saturated heterocycles. The van der Waals surface area contributed by atoms with E-state index in [4.69, 9.17) is 4.74 Å². The molecular weight excluding hydrogens is 647 g/mol. The molecule has 0 aromatic rings. The molecule has 0 rings (SSSR count). The molecule has 0 aromatic heterocycles. The van der Waals surface area contributed by atoms with Gasteiger partial charge in [-0.05, 0) is 51.4 Å². The molecule has 0 aromatic carbocycles. The fourth-order valence-corrected chi connectivity index (χ4v) is 7.07. The van der Waals surface area contributed by atoms with Crippen molar-refractivity contribution in [3.05, 3.63) is 12.2 Å². The summed E-state index contributed by atoms with van der Waals surface area (Å²) in [6, 6.07) is -0.695. The van der Waals surface area contributed by atoms with Crippen molar-refractivity contribution in [3.8, 4) is 0 Å². The number of allylic oxidation sites excluding steroid dienone is 2. The lowest BCUT2D eigenvalue weighted by Crippen LogP contribution is -2.46. The SMILES string of the molecule is CCCCCCCC/C=C\CCCCCC(=O)OC(CCCCCCCCCC)CC(=O)NC(CO)C(O)CCCCCCCCCCCCCC. The molecule has 1 amide bonds. The molecule has 3 unspecified atom stereocenters. The van der Waals surface area contributed by atoms with Crippen molar-refractivity contribution in [2.45, 2.75) is 264 Å². The zero-order chi connectivity index (χ0) is 38.2. The summed E-state index contributed by atoms with van der Waals surface area (Å²) in [6.45, 7) is 6.44. The molecule has 0 heterocycles. The predicted octanol–water partition coefficient (Wildman–Crippen LogP) is 13.0. The number of carbonyl (C=O) groups is 2. The van der Waals surface area contributed by atoms with Crippen LogP contribution in [0.25, 0.3) is 0 Å². The Morgan fingerprint density at radius 1 is 0.538 bits per heavy atom. The molecule has 6 heteroatoms. The molecule has 3 N–H and O–H groups in total. The van der Waals surface area contributed by atoms with Gasteiger partial charge in [0.1, 0.15) is 6.10 Å². The van der Waals surface area contributed by atoms with E-state index in [0.717, 1.165) is 51.4 Å². The van der Waals surface area contributed by atoms with Gasteiger partial charge in [0.15, 0.2) is 0 Å². The average Bonchev–Trinajstić information content (AvgIpc) is 3.13. The van der Waals surface area contributed by atoms with E-state index in [-0.39, 0.29) is 24.9 Å². The summed E-state index contributed by atoms with van der Waals surface area (Å²) in [4.78, 5) is 25.9. The molecule has 52 heavy (non-hydrogen) atoms. The molecule has 3 atom stereocenters. The number of rotatable bonds is 41. The van der Waals surface area contributed by atoms with Gasteiger partial charge in [-0.2, -0.15) is 0 Å². The van der Waals surface area contributed by atoms with Gasteiger partial charge in [0.2, 0.25) is 5.91 Å². The highest BCUT2D eigenvalue weighted by Gasteiger charge is 2.24.